The van der Waals surface area contributed by atoms with Gasteiger partial charge in [-0.25, -0.2) is 0 Å². The Kier molecular flexibility index (Phi) is 2.49. The molecule has 2 aromatic rings. The van der Waals surface area contributed by atoms with E-state index >= 15 is 0 Å². The van der Waals surface area contributed by atoms with Crippen LogP contribution in [0.4, 0.5) is 5.69 Å². The minimum absolute atomic E-state index is 0.778. The maximum absolute atomic E-state index is 6.08. The zero-order valence-electron chi connectivity index (χ0n) is 6.68. The van der Waals surface area contributed by atoms with E-state index in [0.29, 0.717) is 0 Å². The molecule has 0 unspecified atom stereocenters. The van der Waals surface area contributed by atoms with Crippen LogP contribution in [0.15, 0.2) is 17.5 Å². The van der Waals surface area contributed by atoms with Crippen LogP contribution in [0, 0.1) is 0 Å². The first-order valence-electron chi connectivity index (χ1n) is 3.74. The first-order valence-corrected chi connectivity index (χ1v) is 6.12. The number of nitrogen functional groups attached to an aromatic ring is 1. The predicted molar refractivity (Wildman–Crippen MR) is 63.9 cm³/mol. The highest BCUT2D eigenvalue weighted by Crippen LogP contribution is 2.36. The Morgan fingerprint density at radius 2 is 2.23 bits per heavy atom. The number of halogens is 2. The fraction of sp³-hybridized carbons (Fsp3) is 0.111. The highest BCUT2D eigenvalue weighted by atomic mass is 79.9. The summed E-state index contributed by atoms with van der Waals surface area (Å²) in [7, 11) is 0. The van der Waals surface area contributed by atoms with E-state index in [-0.39, 0.29) is 0 Å². The lowest BCUT2D eigenvalue weighted by atomic mass is 10.2. The summed E-state index contributed by atoms with van der Waals surface area (Å²) < 4.78 is 1.09. The van der Waals surface area contributed by atoms with E-state index in [2.05, 4.69) is 21.3 Å². The van der Waals surface area contributed by atoms with Gasteiger partial charge in [-0.05, 0) is 23.1 Å². The fourth-order valence-corrected chi connectivity index (χ4v) is 3.30. The zero-order valence-corrected chi connectivity index (χ0v) is 9.84. The molecule has 13 heavy (non-hydrogen) atoms. The van der Waals surface area contributed by atoms with Gasteiger partial charge in [-0.15, -0.1) is 11.3 Å². The molecule has 0 aliphatic heterocycles. The Bertz CT molecular complexity index is 452. The van der Waals surface area contributed by atoms with Crippen molar-refractivity contribution in [1.82, 2.24) is 0 Å². The molecule has 1 aromatic heterocycles. The summed E-state index contributed by atoms with van der Waals surface area (Å²) in [5.41, 5.74) is 7.84. The molecule has 0 atom stereocenters. The normalized spacial score (nSPS) is 10.9. The van der Waals surface area contributed by atoms with E-state index in [9.17, 15) is 0 Å². The van der Waals surface area contributed by atoms with Crippen molar-refractivity contribution in [1.29, 1.82) is 0 Å². The van der Waals surface area contributed by atoms with Crippen LogP contribution in [0.5, 0.6) is 0 Å². The van der Waals surface area contributed by atoms with Crippen molar-refractivity contribution < 1.29 is 0 Å². The quantitative estimate of drug-likeness (QED) is 0.617. The van der Waals surface area contributed by atoms with Gasteiger partial charge >= 0.3 is 0 Å². The zero-order chi connectivity index (χ0) is 9.42. The monoisotopic (exact) mass is 275 g/mol. The van der Waals surface area contributed by atoms with Crippen LogP contribution < -0.4 is 5.73 Å². The highest BCUT2D eigenvalue weighted by molar-refractivity contribution is 9.08. The topological polar surface area (TPSA) is 26.0 Å². The van der Waals surface area contributed by atoms with Crippen molar-refractivity contribution >= 4 is 54.6 Å². The second-order valence-electron chi connectivity index (χ2n) is 2.74. The number of nitrogens with two attached hydrogens (primary N) is 1. The third kappa shape index (κ3) is 1.45. The van der Waals surface area contributed by atoms with Gasteiger partial charge in [-0.1, -0.05) is 27.5 Å². The summed E-state index contributed by atoms with van der Waals surface area (Å²) in [6.07, 6.45) is 0. The number of anilines is 1. The first kappa shape index (κ1) is 9.31. The van der Waals surface area contributed by atoms with Gasteiger partial charge < -0.3 is 5.73 Å². The molecule has 0 amide bonds. The van der Waals surface area contributed by atoms with E-state index in [1.54, 1.807) is 11.3 Å². The van der Waals surface area contributed by atoms with Gasteiger partial charge in [-0.2, -0.15) is 0 Å². The van der Waals surface area contributed by atoms with Crippen molar-refractivity contribution in [2.45, 2.75) is 5.33 Å². The molecule has 1 nitrogen and oxygen atoms in total. The lowest BCUT2D eigenvalue weighted by molar-refractivity contribution is 1.55. The van der Waals surface area contributed by atoms with Crippen LogP contribution in [0.3, 0.4) is 0 Å². The van der Waals surface area contributed by atoms with Gasteiger partial charge in [-0.3, -0.25) is 0 Å². The van der Waals surface area contributed by atoms with Gasteiger partial charge in [0.25, 0.3) is 0 Å². The van der Waals surface area contributed by atoms with Crippen LogP contribution in [0.2, 0.25) is 5.02 Å². The average molecular weight is 277 g/mol. The Balaban J connectivity index is 2.87. The lowest BCUT2D eigenvalue weighted by Gasteiger charge is -1.99. The summed E-state index contributed by atoms with van der Waals surface area (Å²) in [6.45, 7) is 0. The van der Waals surface area contributed by atoms with Crippen LogP contribution in [0.1, 0.15) is 5.56 Å². The number of benzene rings is 1. The number of hydrogen-bond donors (Lipinski definition) is 1. The molecule has 2 N–H and O–H groups in total. The lowest BCUT2D eigenvalue weighted by Crippen LogP contribution is -1.84. The molecule has 0 aliphatic rings. The molecule has 1 aromatic carbocycles. The fourth-order valence-electron chi connectivity index (χ4n) is 1.29. The molecule has 0 saturated heterocycles. The van der Waals surface area contributed by atoms with Crippen molar-refractivity contribution in [3.8, 4) is 0 Å². The number of fused-ring (bicyclic) bond motifs is 1. The SMILES string of the molecule is Nc1ccc(Cl)c2c(CBr)csc12. The van der Waals surface area contributed by atoms with Crippen molar-refractivity contribution in [3.05, 3.63) is 28.1 Å². The summed E-state index contributed by atoms with van der Waals surface area (Å²) >= 11 is 11.1. The van der Waals surface area contributed by atoms with E-state index in [1.165, 1.54) is 5.56 Å². The number of hydrogen-bond acceptors (Lipinski definition) is 2. The van der Waals surface area contributed by atoms with Crippen molar-refractivity contribution in [2.24, 2.45) is 0 Å². The molecule has 0 spiro atoms. The number of thiophene rings is 1. The molecule has 2 rings (SSSR count). The largest absolute Gasteiger partial charge is 0.398 e. The second-order valence-corrected chi connectivity index (χ2v) is 4.58. The summed E-state index contributed by atoms with van der Waals surface area (Å²) in [4.78, 5) is 0. The Morgan fingerprint density at radius 3 is 2.92 bits per heavy atom. The minimum atomic E-state index is 0.778. The van der Waals surface area contributed by atoms with Gasteiger partial charge in [0.2, 0.25) is 0 Å². The van der Waals surface area contributed by atoms with Crippen LogP contribution >= 0.6 is 38.9 Å². The Labute approximate surface area is 93.6 Å². The molecular weight excluding hydrogens is 270 g/mol. The van der Waals surface area contributed by atoms with Crippen molar-refractivity contribution in [3.63, 3.8) is 0 Å². The third-order valence-corrected chi connectivity index (χ3v) is 3.92. The maximum Gasteiger partial charge on any atom is 0.0590 e. The number of rotatable bonds is 1. The standard InChI is InChI=1S/C9H7BrClNS/c10-3-5-4-13-9-7(12)2-1-6(11)8(5)9/h1-2,4H,3,12H2. The summed E-state index contributed by atoms with van der Waals surface area (Å²) in [6, 6.07) is 3.69. The van der Waals surface area contributed by atoms with E-state index in [4.69, 9.17) is 17.3 Å². The van der Waals surface area contributed by atoms with Crippen LogP contribution in [0.25, 0.3) is 10.1 Å². The van der Waals surface area contributed by atoms with Gasteiger partial charge in [0.1, 0.15) is 0 Å². The molecule has 0 radical (unpaired) electrons. The van der Waals surface area contributed by atoms with Gasteiger partial charge in [0.15, 0.2) is 0 Å². The first-order chi connectivity index (χ1) is 6.24. The van der Waals surface area contributed by atoms with Crippen LogP contribution in [-0.2, 0) is 5.33 Å². The average Bonchev–Trinajstić information content (AvgIpc) is 2.56. The Morgan fingerprint density at radius 1 is 1.46 bits per heavy atom. The Hall–Kier alpha value is -0.250. The predicted octanol–water partition coefficient (Wildman–Crippen LogP) is 4.03. The van der Waals surface area contributed by atoms with E-state index in [1.807, 2.05) is 12.1 Å². The summed E-state index contributed by atoms with van der Waals surface area (Å²) in [5.74, 6) is 0. The second kappa shape index (κ2) is 3.48. The third-order valence-electron chi connectivity index (χ3n) is 1.92. The van der Waals surface area contributed by atoms with Crippen molar-refractivity contribution in [2.75, 3.05) is 5.73 Å². The number of alkyl halides is 1. The van der Waals surface area contributed by atoms with Gasteiger partial charge in [0, 0.05) is 21.4 Å². The molecule has 68 valence electrons. The van der Waals surface area contributed by atoms with E-state index in [0.717, 1.165) is 26.1 Å². The molecule has 0 aliphatic carbocycles. The minimum Gasteiger partial charge on any atom is -0.398 e. The molecule has 0 fully saturated rings. The molecule has 0 bridgehead atoms. The summed E-state index contributed by atoms with van der Waals surface area (Å²) in [5, 5.41) is 4.76. The van der Waals surface area contributed by atoms with Gasteiger partial charge in [0.05, 0.1) is 4.70 Å². The van der Waals surface area contributed by atoms with E-state index < -0.39 is 0 Å². The molecular formula is C9H7BrClNS. The maximum atomic E-state index is 6.08. The molecule has 4 heteroatoms. The van der Waals surface area contributed by atoms with Crippen LogP contribution in [-0.4, -0.2) is 0 Å². The molecule has 0 saturated carbocycles. The highest BCUT2D eigenvalue weighted by Gasteiger charge is 2.08. The molecule has 1 heterocycles. The smallest absolute Gasteiger partial charge is 0.0590 e.